The summed E-state index contributed by atoms with van der Waals surface area (Å²) in [6, 6.07) is 9.38. The van der Waals surface area contributed by atoms with E-state index in [-0.39, 0.29) is 5.88 Å². The van der Waals surface area contributed by atoms with Crippen LogP contribution in [0, 0.1) is 0 Å². The molecule has 6 heteroatoms. The lowest BCUT2D eigenvalue weighted by Gasteiger charge is -2.22. The van der Waals surface area contributed by atoms with Crippen molar-refractivity contribution in [1.29, 1.82) is 0 Å². The van der Waals surface area contributed by atoms with Crippen LogP contribution in [0.1, 0.15) is 0 Å². The van der Waals surface area contributed by atoms with E-state index >= 15 is 0 Å². The van der Waals surface area contributed by atoms with Crippen molar-refractivity contribution in [1.82, 2.24) is 5.48 Å². The lowest BCUT2D eigenvalue weighted by molar-refractivity contribution is 0.0580. The van der Waals surface area contributed by atoms with Gasteiger partial charge in [0.1, 0.15) is 0 Å². The van der Waals surface area contributed by atoms with Crippen molar-refractivity contribution in [2.75, 3.05) is 13.7 Å². The smallest absolute Gasteiger partial charge is 0.270 e. The van der Waals surface area contributed by atoms with Crippen molar-refractivity contribution >= 4 is 23.6 Å². The van der Waals surface area contributed by atoms with Gasteiger partial charge in [0.2, 0.25) is 5.88 Å². The predicted molar refractivity (Wildman–Crippen MR) is 76.9 cm³/mol. The second kappa shape index (κ2) is 7.34. The fourth-order valence-electron chi connectivity index (χ4n) is 1.15. The monoisotopic (exact) mass is 285 g/mol. The summed E-state index contributed by atoms with van der Waals surface area (Å²) in [5, 5.41) is 0.814. The SMILES string of the molecule is C=CCONC(=C)OP(=S)(OC)c1ccccc1. The zero-order valence-electron chi connectivity index (χ0n) is 10.2. The van der Waals surface area contributed by atoms with E-state index in [9.17, 15) is 0 Å². The number of rotatable bonds is 8. The highest BCUT2D eigenvalue weighted by Crippen LogP contribution is 2.47. The van der Waals surface area contributed by atoms with Crippen LogP contribution in [0.25, 0.3) is 0 Å². The van der Waals surface area contributed by atoms with Crippen LogP contribution < -0.4 is 10.8 Å². The van der Waals surface area contributed by atoms with Crippen LogP contribution in [0.5, 0.6) is 0 Å². The Morgan fingerprint density at radius 2 is 2.11 bits per heavy atom. The Kier molecular flexibility index (Phi) is 6.09. The van der Waals surface area contributed by atoms with E-state index < -0.39 is 6.49 Å². The van der Waals surface area contributed by atoms with E-state index in [1.807, 2.05) is 30.3 Å². The largest absolute Gasteiger partial charge is 0.423 e. The minimum absolute atomic E-state index is 0.214. The standard InChI is InChI=1S/C12H16NO3PS/c1-4-10-15-13-11(2)16-17(18,14-3)12-8-6-5-7-9-12/h4-9,13H,1-2,10H2,3H3. The van der Waals surface area contributed by atoms with Gasteiger partial charge in [-0.1, -0.05) is 24.3 Å². The van der Waals surface area contributed by atoms with Crippen LogP contribution in [0.4, 0.5) is 0 Å². The molecule has 1 aromatic carbocycles. The van der Waals surface area contributed by atoms with Crippen LogP contribution >= 0.6 is 6.49 Å². The Morgan fingerprint density at radius 3 is 2.67 bits per heavy atom. The molecule has 0 aliphatic carbocycles. The van der Waals surface area contributed by atoms with Gasteiger partial charge in [0.25, 0.3) is 6.49 Å². The normalized spacial score (nSPS) is 13.4. The summed E-state index contributed by atoms with van der Waals surface area (Å²) in [7, 11) is 1.52. The Labute approximate surface area is 112 Å². The molecule has 1 aromatic rings. The molecule has 98 valence electrons. The van der Waals surface area contributed by atoms with E-state index in [1.165, 1.54) is 7.11 Å². The van der Waals surface area contributed by atoms with E-state index in [0.717, 1.165) is 5.30 Å². The van der Waals surface area contributed by atoms with Gasteiger partial charge in [-0.05, 0) is 30.5 Å². The van der Waals surface area contributed by atoms with Crippen LogP contribution in [-0.2, 0) is 25.7 Å². The lowest BCUT2D eigenvalue weighted by atomic mass is 10.4. The number of benzene rings is 1. The molecular weight excluding hydrogens is 269 g/mol. The molecule has 0 aliphatic heterocycles. The summed E-state index contributed by atoms with van der Waals surface area (Å²) in [5.74, 6) is 0.214. The van der Waals surface area contributed by atoms with E-state index in [4.69, 9.17) is 25.7 Å². The first kappa shape index (κ1) is 14.9. The van der Waals surface area contributed by atoms with Gasteiger partial charge in [-0.2, -0.15) is 0 Å². The highest BCUT2D eigenvalue weighted by molar-refractivity contribution is 8.13. The molecule has 0 aliphatic rings. The molecule has 1 atom stereocenters. The summed E-state index contributed by atoms with van der Waals surface area (Å²) in [5.41, 5.74) is 2.54. The average molecular weight is 285 g/mol. The van der Waals surface area contributed by atoms with E-state index in [2.05, 4.69) is 18.6 Å². The third-order valence-corrected chi connectivity index (χ3v) is 5.11. The van der Waals surface area contributed by atoms with Crippen molar-refractivity contribution in [2.45, 2.75) is 0 Å². The molecule has 1 rings (SSSR count). The Morgan fingerprint density at radius 1 is 1.44 bits per heavy atom. The van der Waals surface area contributed by atoms with Crippen molar-refractivity contribution in [3.05, 3.63) is 55.4 Å². The van der Waals surface area contributed by atoms with Gasteiger partial charge in [0.05, 0.1) is 6.61 Å². The fourth-order valence-corrected chi connectivity index (χ4v) is 3.04. The summed E-state index contributed by atoms with van der Waals surface area (Å²) in [6.07, 6.45) is 1.60. The van der Waals surface area contributed by atoms with Crippen LogP contribution in [-0.4, -0.2) is 13.7 Å². The molecule has 0 saturated carbocycles. The highest BCUT2D eigenvalue weighted by Gasteiger charge is 2.22. The topological polar surface area (TPSA) is 39.7 Å². The quantitative estimate of drug-likeness (QED) is 0.261. The van der Waals surface area contributed by atoms with Gasteiger partial charge in [0.15, 0.2) is 0 Å². The minimum atomic E-state index is -2.59. The second-order valence-corrected chi connectivity index (χ2v) is 6.73. The van der Waals surface area contributed by atoms with Crippen LogP contribution in [0.2, 0.25) is 0 Å². The molecule has 0 amide bonds. The maximum atomic E-state index is 5.56. The highest BCUT2D eigenvalue weighted by atomic mass is 32.5. The first-order chi connectivity index (χ1) is 8.62. The summed E-state index contributed by atoms with van der Waals surface area (Å²) >= 11 is 5.41. The van der Waals surface area contributed by atoms with Crippen molar-refractivity contribution in [3.8, 4) is 0 Å². The number of nitrogens with one attached hydrogen (secondary N) is 1. The molecule has 1 unspecified atom stereocenters. The molecule has 18 heavy (non-hydrogen) atoms. The average Bonchev–Trinajstić information content (AvgIpc) is 2.40. The number of hydroxylamine groups is 1. The first-order valence-corrected chi connectivity index (χ1v) is 7.85. The van der Waals surface area contributed by atoms with E-state index in [1.54, 1.807) is 6.08 Å². The van der Waals surface area contributed by atoms with Gasteiger partial charge in [-0.25, -0.2) is 5.48 Å². The van der Waals surface area contributed by atoms with Crippen molar-refractivity contribution in [2.24, 2.45) is 0 Å². The Bertz CT molecular complexity index is 450. The molecule has 0 bridgehead atoms. The molecule has 0 aromatic heterocycles. The second-order valence-electron chi connectivity index (χ2n) is 3.23. The fraction of sp³-hybridized carbons (Fsp3) is 0.167. The first-order valence-electron chi connectivity index (χ1n) is 5.21. The van der Waals surface area contributed by atoms with E-state index in [0.29, 0.717) is 6.61 Å². The van der Waals surface area contributed by atoms with Gasteiger partial charge >= 0.3 is 0 Å². The molecule has 0 radical (unpaired) electrons. The third kappa shape index (κ3) is 4.27. The maximum Gasteiger partial charge on any atom is 0.270 e. The van der Waals surface area contributed by atoms with Crippen LogP contribution in [0.3, 0.4) is 0 Å². The maximum absolute atomic E-state index is 5.56. The van der Waals surface area contributed by atoms with Crippen LogP contribution in [0.15, 0.2) is 55.4 Å². The van der Waals surface area contributed by atoms with Gasteiger partial charge < -0.3 is 9.05 Å². The molecule has 0 saturated heterocycles. The van der Waals surface area contributed by atoms with Gasteiger partial charge in [-0.3, -0.25) is 4.84 Å². The summed E-state index contributed by atoms with van der Waals surface area (Å²) < 4.78 is 10.9. The van der Waals surface area contributed by atoms with Gasteiger partial charge in [0, 0.05) is 12.4 Å². The summed E-state index contributed by atoms with van der Waals surface area (Å²) in [4.78, 5) is 4.99. The summed E-state index contributed by atoms with van der Waals surface area (Å²) in [6.45, 7) is 4.94. The zero-order chi connectivity index (χ0) is 13.4. The Balaban J connectivity index is 2.69. The molecule has 1 N–H and O–H groups in total. The molecule has 4 nitrogen and oxygen atoms in total. The van der Waals surface area contributed by atoms with Crippen molar-refractivity contribution in [3.63, 3.8) is 0 Å². The Hall–Kier alpha value is -1.13. The van der Waals surface area contributed by atoms with Gasteiger partial charge in [-0.15, -0.1) is 6.58 Å². The molecule has 0 spiro atoms. The lowest BCUT2D eigenvalue weighted by Crippen LogP contribution is -2.17. The minimum Gasteiger partial charge on any atom is -0.423 e. The number of hydrogen-bond acceptors (Lipinski definition) is 5. The third-order valence-electron chi connectivity index (χ3n) is 1.93. The molecule has 0 fully saturated rings. The predicted octanol–water partition coefficient (Wildman–Crippen LogP) is 2.46. The van der Waals surface area contributed by atoms with Crippen molar-refractivity contribution < 1.29 is 13.9 Å². The number of hydrogen-bond donors (Lipinski definition) is 1. The molecule has 0 heterocycles. The zero-order valence-corrected chi connectivity index (χ0v) is 11.9. The molecular formula is C12H16NO3PS.